The largest absolute Gasteiger partial charge is 0.493 e. The topological polar surface area (TPSA) is 109 Å². The molecule has 0 radical (unpaired) electrons. The highest BCUT2D eigenvalue weighted by atomic mass is 16.5. The van der Waals surface area contributed by atoms with E-state index in [4.69, 9.17) is 24.7 Å². The zero-order valence-corrected chi connectivity index (χ0v) is 19.4. The summed E-state index contributed by atoms with van der Waals surface area (Å²) in [5.41, 5.74) is 8.60. The molecule has 3 aromatic rings. The Morgan fingerprint density at radius 2 is 1.71 bits per heavy atom. The van der Waals surface area contributed by atoms with Gasteiger partial charge >= 0.3 is 0 Å². The maximum Gasteiger partial charge on any atom is 0.259 e. The third kappa shape index (κ3) is 3.82. The minimum atomic E-state index is -0.780. The molecule has 0 amide bonds. The highest BCUT2D eigenvalue weighted by Crippen LogP contribution is 2.46. The Morgan fingerprint density at radius 3 is 2.26 bits per heavy atom. The van der Waals surface area contributed by atoms with E-state index in [0.717, 1.165) is 5.56 Å². The standard InChI is InChI=1S/C26H25N3O5/c1-15-10-19-23(26(30)29(15)14-16-8-6-5-7-9-16)22(18(13-27)25(28)34-19)17-11-20(31-2)24(33-4)21(12-17)32-3/h5-12,22H,14,28H2,1-4H3. The molecule has 1 unspecified atom stereocenters. The number of nitrogens with two attached hydrogens (primary N) is 1. The Labute approximate surface area is 197 Å². The number of nitrogens with zero attached hydrogens (tertiary/aromatic N) is 2. The summed E-state index contributed by atoms with van der Waals surface area (Å²) in [6.45, 7) is 2.21. The summed E-state index contributed by atoms with van der Waals surface area (Å²) >= 11 is 0. The summed E-state index contributed by atoms with van der Waals surface area (Å²) in [5.74, 6) is 0.699. The highest BCUT2D eigenvalue weighted by Gasteiger charge is 2.35. The van der Waals surface area contributed by atoms with Crippen molar-refractivity contribution >= 4 is 0 Å². The van der Waals surface area contributed by atoms with Gasteiger partial charge in [-0.3, -0.25) is 4.79 Å². The lowest BCUT2D eigenvalue weighted by Crippen LogP contribution is -2.33. The van der Waals surface area contributed by atoms with Crippen molar-refractivity contribution in [3.05, 3.63) is 92.7 Å². The Hall–Kier alpha value is -4.38. The predicted octanol–water partition coefficient (Wildman–Crippen LogP) is 3.45. The molecule has 2 N–H and O–H groups in total. The van der Waals surface area contributed by atoms with Gasteiger partial charge in [0.25, 0.3) is 5.56 Å². The summed E-state index contributed by atoms with van der Waals surface area (Å²) in [5, 5.41) is 9.96. The Morgan fingerprint density at radius 1 is 1.06 bits per heavy atom. The van der Waals surface area contributed by atoms with Gasteiger partial charge in [0.05, 0.1) is 39.4 Å². The molecule has 34 heavy (non-hydrogen) atoms. The van der Waals surface area contributed by atoms with Crippen molar-refractivity contribution in [3.8, 4) is 29.1 Å². The van der Waals surface area contributed by atoms with E-state index in [2.05, 4.69) is 6.07 Å². The Kier molecular flexibility index (Phi) is 6.19. The van der Waals surface area contributed by atoms with Gasteiger partial charge in [-0.05, 0) is 30.2 Å². The number of nitriles is 1. The van der Waals surface area contributed by atoms with Crippen LogP contribution in [-0.2, 0) is 6.54 Å². The van der Waals surface area contributed by atoms with E-state index in [9.17, 15) is 10.1 Å². The predicted molar refractivity (Wildman–Crippen MR) is 126 cm³/mol. The van der Waals surface area contributed by atoms with E-state index in [1.165, 1.54) is 21.3 Å². The first-order valence-electron chi connectivity index (χ1n) is 10.6. The molecule has 1 aliphatic heterocycles. The first-order valence-corrected chi connectivity index (χ1v) is 10.6. The first-order chi connectivity index (χ1) is 16.4. The minimum absolute atomic E-state index is 0.0478. The van der Waals surface area contributed by atoms with Gasteiger partial charge in [-0.2, -0.15) is 5.26 Å². The van der Waals surface area contributed by atoms with Crippen molar-refractivity contribution in [1.82, 2.24) is 4.57 Å². The number of fused-ring (bicyclic) bond motifs is 1. The van der Waals surface area contributed by atoms with Crippen LogP contribution in [0.2, 0.25) is 0 Å². The van der Waals surface area contributed by atoms with E-state index >= 15 is 0 Å². The SMILES string of the molecule is COc1cc(C2C(C#N)=C(N)Oc3cc(C)n(Cc4ccccc4)c(=O)c32)cc(OC)c1OC. The fraction of sp³-hybridized carbons (Fsp3) is 0.231. The van der Waals surface area contributed by atoms with Gasteiger partial charge in [0.1, 0.15) is 17.4 Å². The number of ether oxygens (including phenoxy) is 4. The maximum absolute atomic E-state index is 13.8. The van der Waals surface area contributed by atoms with Crippen molar-refractivity contribution < 1.29 is 18.9 Å². The van der Waals surface area contributed by atoms with Crippen LogP contribution in [0.1, 0.15) is 28.3 Å². The van der Waals surface area contributed by atoms with Crippen LogP contribution in [0.25, 0.3) is 0 Å². The van der Waals surface area contributed by atoms with Crippen LogP contribution in [-0.4, -0.2) is 25.9 Å². The van der Waals surface area contributed by atoms with Gasteiger partial charge in [0, 0.05) is 11.8 Å². The molecule has 1 aromatic heterocycles. The van der Waals surface area contributed by atoms with Crippen molar-refractivity contribution in [2.75, 3.05) is 21.3 Å². The monoisotopic (exact) mass is 459 g/mol. The number of methoxy groups -OCH3 is 3. The molecule has 0 fully saturated rings. The number of aryl methyl sites for hydroxylation is 1. The lowest BCUT2D eigenvalue weighted by atomic mass is 9.83. The lowest BCUT2D eigenvalue weighted by Gasteiger charge is -2.28. The third-order valence-electron chi connectivity index (χ3n) is 5.89. The van der Waals surface area contributed by atoms with Crippen molar-refractivity contribution in [1.29, 1.82) is 5.26 Å². The zero-order chi connectivity index (χ0) is 24.4. The third-order valence-corrected chi connectivity index (χ3v) is 5.89. The molecule has 8 heteroatoms. The minimum Gasteiger partial charge on any atom is -0.493 e. The molecular formula is C26H25N3O5. The Bertz CT molecular complexity index is 1340. The van der Waals surface area contributed by atoms with E-state index in [-0.39, 0.29) is 17.0 Å². The molecule has 2 heterocycles. The average molecular weight is 460 g/mol. The maximum atomic E-state index is 13.8. The van der Waals surface area contributed by atoms with Crippen LogP contribution in [0.4, 0.5) is 0 Å². The summed E-state index contributed by atoms with van der Waals surface area (Å²) in [4.78, 5) is 13.8. The first kappa shape index (κ1) is 22.8. The van der Waals surface area contributed by atoms with Gasteiger partial charge < -0.3 is 29.2 Å². The zero-order valence-electron chi connectivity index (χ0n) is 19.4. The number of rotatable bonds is 6. The molecular weight excluding hydrogens is 434 g/mol. The normalized spacial score (nSPS) is 14.6. The summed E-state index contributed by atoms with van der Waals surface area (Å²) in [7, 11) is 4.52. The molecule has 174 valence electrons. The number of allylic oxidation sites excluding steroid dienone is 1. The number of hydrogen-bond acceptors (Lipinski definition) is 7. The summed E-state index contributed by atoms with van der Waals surface area (Å²) < 4.78 is 23.8. The van der Waals surface area contributed by atoms with Crippen LogP contribution >= 0.6 is 0 Å². The van der Waals surface area contributed by atoms with Crippen molar-refractivity contribution in [2.24, 2.45) is 5.73 Å². The summed E-state index contributed by atoms with van der Waals surface area (Å²) in [6.07, 6.45) is 0. The van der Waals surface area contributed by atoms with E-state index in [0.29, 0.717) is 46.4 Å². The molecule has 4 rings (SSSR count). The fourth-order valence-electron chi connectivity index (χ4n) is 4.25. The van der Waals surface area contributed by atoms with Gasteiger partial charge in [-0.25, -0.2) is 0 Å². The number of aromatic nitrogens is 1. The number of hydrogen-bond donors (Lipinski definition) is 1. The van der Waals surface area contributed by atoms with Gasteiger partial charge in [0.2, 0.25) is 11.6 Å². The van der Waals surface area contributed by atoms with Gasteiger partial charge in [0.15, 0.2) is 11.5 Å². The van der Waals surface area contributed by atoms with Crippen molar-refractivity contribution in [2.45, 2.75) is 19.4 Å². The molecule has 0 spiro atoms. The van der Waals surface area contributed by atoms with Crippen LogP contribution in [0.15, 0.2) is 64.8 Å². The molecule has 0 saturated heterocycles. The molecule has 2 aromatic carbocycles. The van der Waals surface area contributed by atoms with E-state index in [1.54, 1.807) is 22.8 Å². The Balaban J connectivity index is 1.97. The second kappa shape index (κ2) is 9.24. The van der Waals surface area contributed by atoms with E-state index in [1.807, 2.05) is 37.3 Å². The number of benzene rings is 2. The molecule has 0 aliphatic carbocycles. The van der Waals surface area contributed by atoms with E-state index < -0.39 is 5.92 Å². The smallest absolute Gasteiger partial charge is 0.259 e. The fourth-order valence-corrected chi connectivity index (χ4v) is 4.25. The second-order valence-electron chi connectivity index (χ2n) is 7.82. The highest BCUT2D eigenvalue weighted by molar-refractivity contribution is 5.61. The molecule has 1 aliphatic rings. The number of pyridine rings is 1. The van der Waals surface area contributed by atoms with Crippen LogP contribution in [0.5, 0.6) is 23.0 Å². The van der Waals surface area contributed by atoms with Crippen LogP contribution in [0.3, 0.4) is 0 Å². The summed E-state index contributed by atoms with van der Waals surface area (Å²) in [6, 6.07) is 17.0. The molecule has 0 saturated carbocycles. The van der Waals surface area contributed by atoms with Gasteiger partial charge in [-0.1, -0.05) is 30.3 Å². The molecule has 8 nitrogen and oxygen atoms in total. The quantitative estimate of drug-likeness (QED) is 0.601. The van der Waals surface area contributed by atoms with Crippen LogP contribution < -0.4 is 30.2 Å². The lowest BCUT2D eigenvalue weighted by molar-refractivity contribution is 0.323. The second-order valence-corrected chi connectivity index (χ2v) is 7.82. The molecule has 0 bridgehead atoms. The average Bonchev–Trinajstić information content (AvgIpc) is 2.85. The van der Waals surface area contributed by atoms with Gasteiger partial charge in [-0.15, -0.1) is 0 Å². The van der Waals surface area contributed by atoms with Crippen molar-refractivity contribution in [3.63, 3.8) is 0 Å². The van der Waals surface area contributed by atoms with Crippen LogP contribution in [0, 0.1) is 18.3 Å². The molecule has 1 atom stereocenters.